The van der Waals surface area contributed by atoms with Gasteiger partial charge in [0.15, 0.2) is 11.9 Å². The van der Waals surface area contributed by atoms with E-state index >= 15 is 0 Å². The number of likely N-dealkylation sites (N-methyl/N-ethyl adjacent to an activating group) is 2. The van der Waals surface area contributed by atoms with Gasteiger partial charge in [0.05, 0.1) is 36.4 Å². The molecule has 0 spiro atoms. The fourth-order valence-electron chi connectivity index (χ4n) is 12.4. The standard InChI is InChI=1S/C65H95N7O20/c1-12-36(6)55(49(89-11)30-53(79)71-26-16-19-44(71)42(32-73)38(8)46(74)27-37(7)56(80)40-17-14-13-15-18-40)69(9)62(85)41(34(2)3)29-47(75)54(35(4)5)70(10)65(88)90-33-39-20-21-48(91-64-59(83)57(81)58(82)60(92-64)63(86)87)43(28-39)68-50(76)24-25-67-61(84)45(31-66)72-51(77)22-23-52(72)78/h13-15,17-18,20-23,28,34-38,41-42,44-45,49,54-60,64,73,80-83H,12,16,19,24-27,29-33,66H2,1-11H3,(H,67,84)(H,68,76)(H,86,87)/t36-,37-,38+,41?,42+,44-,45-,49+,54-,55-,56+,57-,58-,59+,60-,64+/m0/s1. The number of aliphatic carboxylic acids is 1. The second-order valence-corrected chi connectivity index (χ2v) is 25.0. The van der Waals surface area contributed by atoms with Crippen LogP contribution in [0.5, 0.6) is 5.75 Å². The van der Waals surface area contributed by atoms with Gasteiger partial charge in [0.25, 0.3) is 11.8 Å². The number of ether oxygens (including phenoxy) is 4. The van der Waals surface area contributed by atoms with Crippen molar-refractivity contribution in [2.45, 2.75) is 174 Å². The number of carboxylic acid groups (broad SMARTS) is 1. The normalized spacial score (nSPS) is 22.3. The van der Waals surface area contributed by atoms with E-state index in [2.05, 4.69) is 10.6 Å². The number of benzene rings is 2. The van der Waals surface area contributed by atoms with E-state index in [0.29, 0.717) is 36.3 Å². The van der Waals surface area contributed by atoms with E-state index in [0.717, 1.165) is 17.1 Å². The van der Waals surface area contributed by atoms with Crippen LogP contribution in [-0.2, 0) is 64.0 Å². The van der Waals surface area contributed by atoms with Gasteiger partial charge in [-0.1, -0.05) is 98.2 Å². The van der Waals surface area contributed by atoms with E-state index < -0.39 is 164 Å². The maximum Gasteiger partial charge on any atom is 0.410 e. The summed E-state index contributed by atoms with van der Waals surface area (Å²) < 4.78 is 22.8. The Balaban J connectivity index is 1.28. The van der Waals surface area contributed by atoms with Crippen LogP contribution in [0.4, 0.5) is 10.5 Å². The molecular weight excluding hydrogens is 1200 g/mol. The fraction of sp³-hybridized carbons (Fsp3) is 0.631. The minimum Gasteiger partial charge on any atom is -0.479 e. The van der Waals surface area contributed by atoms with Crippen molar-refractivity contribution in [1.82, 2.24) is 24.9 Å². The molecule has 27 nitrogen and oxygen atoms in total. The van der Waals surface area contributed by atoms with Crippen LogP contribution in [0.15, 0.2) is 60.7 Å². The van der Waals surface area contributed by atoms with Gasteiger partial charge >= 0.3 is 12.1 Å². The van der Waals surface area contributed by atoms with Gasteiger partial charge in [-0.05, 0) is 59.8 Å². The molecule has 2 saturated heterocycles. The Labute approximate surface area is 536 Å². The van der Waals surface area contributed by atoms with Gasteiger partial charge in [-0.3, -0.25) is 43.3 Å². The summed E-state index contributed by atoms with van der Waals surface area (Å²) in [5.41, 5.74) is 6.43. The molecule has 7 amide bonds. The number of amides is 7. The van der Waals surface area contributed by atoms with Crippen molar-refractivity contribution in [3.05, 3.63) is 71.8 Å². The number of methoxy groups -OCH3 is 1. The predicted octanol–water partition coefficient (Wildman–Crippen LogP) is 2.32. The van der Waals surface area contributed by atoms with Gasteiger partial charge < -0.3 is 80.7 Å². The molecule has 0 radical (unpaired) electrons. The molecule has 3 heterocycles. The van der Waals surface area contributed by atoms with E-state index in [1.807, 2.05) is 32.0 Å². The molecule has 0 saturated carbocycles. The van der Waals surface area contributed by atoms with Crippen molar-refractivity contribution in [2.75, 3.05) is 52.8 Å². The third-order valence-corrected chi connectivity index (χ3v) is 18.0. The summed E-state index contributed by atoms with van der Waals surface area (Å²) in [5.74, 6) is -9.89. The number of nitrogens with one attached hydrogen (secondary N) is 2. The van der Waals surface area contributed by atoms with E-state index in [4.69, 9.17) is 24.7 Å². The van der Waals surface area contributed by atoms with Crippen molar-refractivity contribution in [3.8, 4) is 5.75 Å². The van der Waals surface area contributed by atoms with E-state index in [1.165, 1.54) is 32.4 Å². The van der Waals surface area contributed by atoms with Crippen LogP contribution < -0.4 is 21.1 Å². The highest BCUT2D eigenvalue weighted by Crippen LogP contribution is 2.36. The first kappa shape index (κ1) is 75.5. The Morgan fingerprint density at radius 3 is 2.05 bits per heavy atom. The van der Waals surface area contributed by atoms with Crippen molar-refractivity contribution in [1.29, 1.82) is 0 Å². The maximum atomic E-state index is 14.9. The maximum absolute atomic E-state index is 14.9. The lowest BCUT2D eigenvalue weighted by Crippen LogP contribution is -2.61. The van der Waals surface area contributed by atoms with Crippen molar-refractivity contribution in [2.24, 2.45) is 47.2 Å². The number of nitrogens with zero attached hydrogens (tertiary/aromatic N) is 4. The summed E-state index contributed by atoms with van der Waals surface area (Å²) in [4.78, 5) is 140. The topological polar surface area (TPSA) is 392 Å². The molecule has 3 aliphatic rings. The summed E-state index contributed by atoms with van der Waals surface area (Å²) in [7, 11) is 4.46. The molecular formula is C65H95N7O20. The zero-order valence-electron chi connectivity index (χ0n) is 54.4. The van der Waals surface area contributed by atoms with E-state index in [9.17, 15) is 78.6 Å². The molecule has 10 N–H and O–H groups in total. The second kappa shape index (κ2) is 34.6. The average molecular weight is 1290 g/mol. The zero-order chi connectivity index (χ0) is 68.6. The number of hydrogen-bond acceptors (Lipinski definition) is 20. The molecule has 27 heteroatoms. The monoisotopic (exact) mass is 1290 g/mol. The Kier molecular flexibility index (Phi) is 28.4. The zero-order valence-corrected chi connectivity index (χ0v) is 54.4. The Morgan fingerprint density at radius 1 is 0.826 bits per heavy atom. The number of carboxylic acids is 1. The second-order valence-electron chi connectivity index (χ2n) is 25.0. The van der Waals surface area contributed by atoms with Gasteiger partial charge in [-0.15, -0.1) is 0 Å². The number of aliphatic hydroxyl groups excluding tert-OH is 5. The molecule has 5 rings (SSSR count). The lowest BCUT2D eigenvalue weighted by atomic mass is 9.80. The molecule has 0 aliphatic carbocycles. The van der Waals surface area contributed by atoms with Crippen LogP contribution >= 0.6 is 0 Å². The average Bonchev–Trinajstić information content (AvgIpc) is 0.878. The largest absolute Gasteiger partial charge is 0.479 e. The summed E-state index contributed by atoms with van der Waals surface area (Å²) in [5, 5.41) is 67.9. The van der Waals surface area contributed by atoms with Gasteiger partial charge in [-0.2, -0.15) is 0 Å². The lowest BCUT2D eigenvalue weighted by molar-refractivity contribution is -0.271. The quantitative estimate of drug-likeness (QED) is 0.0454. The number of aliphatic hydroxyl groups is 5. The number of anilines is 1. The number of ketones is 2. The minimum absolute atomic E-state index is 0.0722. The van der Waals surface area contributed by atoms with Gasteiger partial charge in [0.2, 0.25) is 29.9 Å². The van der Waals surface area contributed by atoms with Crippen LogP contribution in [-0.4, -0.2) is 218 Å². The molecule has 3 aliphatic heterocycles. The molecule has 16 atom stereocenters. The number of rotatable bonds is 34. The van der Waals surface area contributed by atoms with E-state index in [1.54, 1.807) is 70.5 Å². The molecule has 1 unspecified atom stereocenters. The van der Waals surface area contributed by atoms with Gasteiger partial charge in [0, 0.05) is 103 Å². The highest BCUT2D eigenvalue weighted by Gasteiger charge is 2.49. The number of nitrogens with two attached hydrogens (primary N) is 1. The highest BCUT2D eigenvalue weighted by atomic mass is 16.7. The van der Waals surface area contributed by atoms with Crippen LogP contribution in [0.1, 0.15) is 118 Å². The third kappa shape index (κ3) is 18.8. The van der Waals surface area contributed by atoms with Crippen molar-refractivity contribution in [3.63, 3.8) is 0 Å². The Bertz CT molecular complexity index is 2910. The molecule has 2 aromatic carbocycles. The van der Waals surface area contributed by atoms with E-state index in [-0.39, 0.29) is 72.9 Å². The molecule has 2 fully saturated rings. The molecule has 92 heavy (non-hydrogen) atoms. The van der Waals surface area contributed by atoms with Crippen molar-refractivity contribution >= 4 is 64.8 Å². The fourth-order valence-corrected chi connectivity index (χ4v) is 12.4. The number of imide groups is 1. The predicted molar refractivity (Wildman–Crippen MR) is 332 cm³/mol. The Hall–Kier alpha value is -7.24. The third-order valence-electron chi connectivity index (χ3n) is 18.0. The first-order chi connectivity index (χ1) is 43.4. The lowest BCUT2D eigenvalue weighted by Gasteiger charge is -2.41. The summed E-state index contributed by atoms with van der Waals surface area (Å²) >= 11 is 0. The molecule has 2 aromatic rings. The van der Waals surface area contributed by atoms with Crippen LogP contribution in [0.25, 0.3) is 0 Å². The first-order valence-corrected chi connectivity index (χ1v) is 31.4. The SMILES string of the molecule is CC[C@H](C)[C@@H]([C@@H](CC(=O)N1CCC[C@H]1[C@H](CO)[C@@H](C)C(=O)C[C@H](C)[C@@H](O)c1ccccc1)OC)N(C)C(=O)C(CC(=O)[C@H](C(C)C)N(C)C(=O)OCc1ccc(O[C@@H]2O[C@H](C(=O)O)[C@@H](O)[C@H](O)[C@H]2O)c(NC(=O)CCNC(=O)[C@H](CN)N2C(=O)C=CC2=O)c1)C(C)C. The molecule has 0 bridgehead atoms. The molecule has 510 valence electrons. The summed E-state index contributed by atoms with van der Waals surface area (Å²) in [6.45, 7) is 13.3. The summed E-state index contributed by atoms with van der Waals surface area (Å²) in [6, 6.07) is 9.39. The highest BCUT2D eigenvalue weighted by molar-refractivity contribution is 6.15. The number of Topliss-reactive ketones (excluding diaryl/α,β-unsaturated/α-hetero) is 2. The van der Waals surface area contributed by atoms with Gasteiger partial charge in [0.1, 0.15) is 42.5 Å². The number of likely N-dealkylation sites (tertiary alicyclic amines) is 1. The van der Waals surface area contributed by atoms with Crippen LogP contribution in [0.2, 0.25) is 0 Å². The molecule has 0 aromatic heterocycles. The minimum atomic E-state index is -2.05. The summed E-state index contributed by atoms with van der Waals surface area (Å²) in [6.07, 6.45) is -9.71. The first-order valence-electron chi connectivity index (χ1n) is 31.4. The smallest absolute Gasteiger partial charge is 0.410 e. The number of carbonyl (C=O) groups is 10. The van der Waals surface area contributed by atoms with Crippen LogP contribution in [0.3, 0.4) is 0 Å². The Morgan fingerprint density at radius 2 is 1.48 bits per heavy atom. The number of carbonyl (C=O) groups excluding carboxylic acids is 9. The number of hydrogen-bond donors (Lipinski definition) is 9. The van der Waals surface area contributed by atoms with Gasteiger partial charge in [-0.25, -0.2) is 9.59 Å². The van der Waals surface area contributed by atoms with Crippen molar-refractivity contribution < 1.29 is 97.5 Å². The van der Waals surface area contributed by atoms with Crippen LogP contribution in [0, 0.1) is 41.4 Å².